The monoisotopic (exact) mass is 296 g/mol. The number of carbonyl (C=O) groups is 2. The summed E-state index contributed by atoms with van der Waals surface area (Å²) < 4.78 is 4.80. The van der Waals surface area contributed by atoms with Gasteiger partial charge in [-0.3, -0.25) is 4.79 Å². The van der Waals surface area contributed by atoms with E-state index in [9.17, 15) is 9.59 Å². The van der Waals surface area contributed by atoms with Crippen LogP contribution in [0.4, 0.5) is 0 Å². The third-order valence-corrected chi connectivity index (χ3v) is 4.69. The maximum atomic E-state index is 12.4. The van der Waals surface area contributed by atoms with Gasteiger partial charge in [0, 0.05) is 6.04 Å². The van der Waals surface area contributed by atoms with E-state index in [2.05, 4.69) is 10.6 Å². The third kappa shape index (κ3) is 4.19. The molecule has 1 aliphatic heterocycles. The Morgan fingerprint density at radius 1 is 1.29 bits per heavy atom. The molecule has 5 heteroatoms. The number of esters is 1. The van der Waals surface area contributed by atoms with E-state index in [4.69, 9.17) is 4.74 Å². The first kappa shape index (κ1) is 16.3. The van der Waals surface area contributed by atoms with E-state index in [0.29, 0.717) is 24.3 Å². The van der Waals surface area contributed by atoms with E-state index in [1.54, 1.807) is 0 Å². The van der Waals surface area contributed by atoms with Crippen LogP contribution in [0.1, 0.15) is 52.4 Å². The van der Waals surface area contributed by atoms with Crippen molar-refractivity contribution in [2.24, 2.45) is 11.8 Å². The molecule has 4 unspecified atom stereocenters. The number of amides is 1. The van der Waals surface area contributed by atoms with Gasteiger partial charge >= 0.3 is 5.97 Å². The predicted octanol–water partition coefficient (Wildman–Crippen LogP) is 1.61. The van der Waals surface area contributed by atoms with E-state index < -0.39 is 6.04 Å². The zero-order valence-electron chi connectivity index (χ0n) is 13.4. The quantitative estimate of drug-likeness (QED) is 0.756. The van der Waals surface area contributed by atoms with Gasteiger partial charge in [-0.15, -0.1) is 0 Å². The molecule has 0 aromatic heterocycles. The highest BCUT2D eigenvalue weighted by Crippen LogP contribution is 2.33. The average molecular weight is 296 g/mol. The SMILES string of the molecule is COC(=O)C(CC(C)C)NC(=O)C1CC2CCCCC2N1. The number of rotatable bonds is 5. The maximum absolute atomic E-state index is 12.4. The highest BCUT2D eigenvalue weighted by molar-refractivity contribution is 5.87. The summed E-state index contributed by atoms with van der Waals surface area (Å²) >= 11 is 0. The molecule has 1 heterocycles. The van der Waals surface area contributed by atoms with E-state index in [1.807, 2.05) is 13.8 Å². The number of hydrogen-bond donors (Lipinski definition) is 2. The van der Waals surface area contributed by atoms with E-state index in [-0.39, 0.29) is 17.9 Å². The summed E-state index contributed by atoms with van der Waals surface area (Å²) in [5.74, 6) is 0.539. The van der Waals surface area contributed by atoms with Crippen molar-refractivity contribution in [3.63, 3.8) is 0 Å². The van der Waals surface area contributed by atoms with E-state index in [0.717, 1.165) is 6.42 Å². The summed E-state index contributed by atoms with van der Waals surface area (Å²) in [5.41, 5.74) is 0. The summed E-state index contributed by atoms with van der Waals surface area (Å²) in [6.45, 7) is 4.06. The van der Waals surface area contributed by atoms with Crippen molar-refractivity contribution < 1.29 is 14.3 Å². The number of methoxy groups -OCH3 is 1. The molecule has 0 aromatic carbocycles. The lowest BCUT2D eigenvalue weighted by molar-refractivity contribution is -0.145. The Morgan fingerprint density at radius 3 is 2.62 bits per heavy atom. The van der Waals surface area contributed by atoms with Gasteiger partial charge in [-0.2, -0.15) is 0 Å². The van der Waals surface area contributed by atoms with Crippen LogP contribution in [0.25, 0.3) is 0 Å². The van der Waals surface area contributed by atoms with Crippen molar-refractivity contribution >= 4 is 11.9 Å². The van der Waals surface area contributed by atoms with E-state index in [1.165, 1.54) is 32.8 Å². The molecule has 2 aliphatic rings. The van der Waals surface area contributed by atoms with Crippen LogP contribution in [0.5, 0.6) is 0 Å². The van der Waals surface area contributed by atoms with E-state index >= 15 is 0 Å². The summed E-state index contributed by atoms with van der Waals surface area (Å²) in [6, 6.07) is -0.208. The van der Waals surface area contributed by atoms with Gasteiger partial charge in [-0.25, -0.2) is 4.79 Å². The summed E-state index contributed by atoms with van der Waals surface area (Å²) in [6.07, 6.45) is 6.41. The molecule has 1 saturated heterocycles. The summed E-state index contributed by atoms with van der Waals surface area (Å²) in [5, 5.41) is 6.32. The molecular formula is C16H28N2O3. The first-order chi connectivity index (χ1) is 10.0. The normalized spacial score (nSPS) is 29.8. The van der Waals surface area contributed by atoms with Crippen LogP contribution in [0.15, 0.2) is 0 Å². The molecule has 1 saturated carbocycles. The lowest BCUT2D eigenvalue weighted by atomic mass is 9.85. The molecule has 1 amide bonds. The highest BCUT2D eigenvalue weighted by atomic mass is 16.5. The largest absolute Gasteiger partial charge is 0.467 e. The average Bonchev–Trinajstić information content (AvgIpc) is 2.89. The summed E-state index contributed by atoms with van der Waals surface area (Å²) in [4.78, 5) is 24.2. The van der Waals surface area contributed by atoms with Crippen LogP contribution in [0.3, 0.4) is 0 Å². The molecule has 5 nitrogen and oxygen atoms in total. The predicted molar refractivity (Wildman–Crippen MR) is 80.7 cm³/mol. The Bertz CT molecular complexity index is 370. The number of carbonyl (C=O) groups excluding carboxylic acids is 2. The van der Waals surface area contributed by atoms with Crippen molar-refractivity contribution in [3.05, 3.63) is 0 Å². The van der Waals surface area contributed by atoms with Crippen LogP contribution in [0, 0.1) is 11.8 Å². The fourth-order valence-corrected chi connectivity index (χ4v) is 3.62. The van der Waals surface area contributed by atoms with Crippen molar-refractivity contribution in [1.29, 1.82) is 0 Å². The minimum absolute atomic E-state index is 0.0551. The Kier molecular flexibility index (Phi) is 5.62. The first-order valence-electron chi connectivity index (χ1n) is 8.15. The van der Waals surface area contributed by atoms with Gasteiger partial charge in [0.2, 0.25) is 5.91 Å². The van der Waals surface area contributed by atoms with Crippen LogP contribution in [0.2, 0.25) is 0 Å². The number of fused-ring (bicyclic) bond motifs is 1. The molecule has 0 aromatic rings. The number of hydrogen-bond acceptors (Lipinski definition) is 4. The smallest absolute Gasteiger partial charge is 0.328 e. The second-order valence-corrected chi connectivity index (χ2v) is 6.82. The fraction of sp³-hybridized carbons (Fsp3) is 0.875. The fourth-order valence-electron chi connectivity index (χ4n) is 3.62. The second-order valence-electron chi connectivity index (χ2n) is 6.82. The highest BCUT2D eigenvalue weighted by Gasteiger charge is 2.39. The Labute approximate surface area is 127 Å². The van der Waals surface area contributed by atoms with Crippen LogP contribution in [-0.4, -0.2) is 37.1 Å². The zero-order chi connectivity index (χ0) is 15.4. The lowest BCUT2D eigenvalue weighted by Crippen LogP contribution is -2.50. The van der Waals surface area contributed by atoms with Gasteiger partial charge < -0.3 is 15.4 Å². The molecule has 2 fully saturated rings. The molecule has 0 spiro atoms. The molecule has 0 bridgehead atoms. The molecule has 2 rings (SSSR count). The van der Waals surface area contributed by atoms with Crippen LogP contribution in [-0.2, 0) is 14.3 Å². The lowest BCUT2D eigenvalue weighted by Gasteiger charge is -2.24. The Balaban J connectivity index is 1.91. The van der Waals surface area contributed by atoms with Gasteiger partial charge in [0.25, 0.3) is 0 Å². The molecule has 120 valence electrons. The number of ether oxygens (including phenoxy) is 1. The Morgan fingerprint density at radius 2 is 2.00 bits per heavy atom. The van der Waals surface area contributed by atoms with Gasteiger partial charge in [0.1, 0.15) is 6.04 Å². The third-order valence-electron chi connectivity index (χ3n) is 4.69. The molecule has 21 heavy (non-hydrogen) atoms. The minimum atomic E-state index is -0.535. The minimum Gasteiger partial charge on any atom is -0.467 e. The Hall–Kier alpha value is -1.10. The van der Waals surface area contributed by atoms with Crippen LogP contribution < -0.4 is 10.6 Å². The first-order valence-corrected chi connectivity index (χ1v) is 8.15. The second kappa shape index (κ2) is 7.25. The molecule has 4 atom stereocenters. The number of nitrogens with one attached hydrogen (secondary N) is 2. The molecule has 2 N–H and O–H groups in total. The van der Waals surface area contributed by atoms with Gasteiger partial charge in [0.15, 0.2) is 0 Å². The van der Waals surface area contributed by atoms with Gasteiger partial charge in [-0.05, 0) is 37.5 Å². The summed E-state index contributed by atoms with van der Waals surface area (Å²) in [7, 11) is 1.37. The van der Waals surface area contributed by atoms with Crippen molar-refractivity contribution in [1.82, 2.24) is 10.6 Å². The molecule has 0 radical (unpaired) electrons. The van der Waals surface area contributed by atoms with Gasteiger partial charge in [0.05, 0.1) is 13.2 Å². The van der Waals surface area contributed by atoms with Crippen molar-refractivity contribution in [2.75, 3.05) is 7.11 Å². The standard InChI is InChI=1S/C16H28N2O3/c1-10(2)8-14(16(20)21-3)18-15(19)13-9-11-6-4-5-7-12(11)17-13/h10-14,17H,4-9H2,1-3H3,(H,18,19). The topological polar surface area (TPSA) is 67.4 Å². The van der Waals surface area contributed by atoms with Crippen molar-refractivity contribution in [3.8, 4) is 0 Å². The maximum Gasteiger partial charge on any atom is 0.328 e. The van der Waals surface area contributed by atoms with Crippen molar-refractivity contribution in [2.45, 2.75) is 70.5 Å². The molecule has 1 aliphatic carbocycles. The molecular weight excluding hydrogens is 268 g/mol. The van der Waals surface area contributed by atoms with Crippen LogP contribution >= 0.6 is 0 Å². The zero-order valence-corrected chi connectivity index (χ0v) is 13.4. The van der Waals surface area contributed by atoms with Gasteiger partial charge in [-0.1, -0.05) is 26.7 Å².